The van der Waals surface area contributed by atoms with Gasteiger partial charge in [-0.2, -0.15) is 0 Å². The number of aliphatic hydroxyl groups excluding tert-OH is 4. The maximum Gasteiger partial charge on any atom is 0.109 e. The Morgan fingerprint density at radius 3 is 2.39 bits per heavy atom. The molecular formula is C22H43NO5. The van der Waals surface area contributed by atoms with Crippen LogP contribution >= 0.6 is 0 Å². The van der Waals surface area contributed by atoms with Gasteiger partial charge in [-0.15, -0.1) is 0 Å². The molecule has 1 aliphatic heterocycles. The molecule has 0 aromatic heterocycles. The molecule has 1 saturated heterocycles. The zero-order valence-corrected chi connectivity index (χ0v) is 18.0. The Morgan fingerprint density at radius 1 is 1.00 bits per heavy atom. The standard InChI is InChI=1S/C22H43NO5/c1-15(2)17-9-8-16(3)12-20(17)28-11-7-5-4-6-10-23-13-19(25)22(27)21(26)18(23)14-24/h15-22,24-27H,4-14H2,1-3H3/t16-,17+,18-,19+,20?,21-,22-/m1/s1. The fourth-order valence-corrected chi connectivity index (χ4v) is 4.95. The second-order valence-corrected chi connectivity index (χ2v) is 9.44. The summed E-state index contributed by atoms with van der Waals surface area (Å²) < 4.78 is 6.26. The molecule has 166 valence electrons. The maximum absolute atomic E-state index is 10.0. The van der Waals surface area contributed by atoms with E-state index in [4.69, 9.17) is 4.74 Å². The van der Waals surface area contributed by atoms with E-state index in [9.17, 15) is 20.4 Å². The van der Waals surface area contributed by atoms with E-state index >= 15 is 0 Å². The molecule has 2 rings (SSSR count). The molecule has 6 heteroatoms. The van der Waals surface area contributed by atoms with Gasteiger partial charge in [0.05, 0.1) is 24.9 Å². The Morgan fingerprint density at radius 2 is 1.71 bits per heavy atom. The van der Waals surface area contributed by atoms with Crippen LogP contribution in [0.2, 0.25) is 0 Å². The summed E-state index contributed by atoms with van der Waals surface area (Å²) in [7, 11) is 0. The summed E-state index contributed by atoms with van der Waals surface area (Å²) in [5.74, 6) is 2.15. The van der Waals surface area contributed by atoms with Crippen LogP contribution in [-0.4, -0.2) is 82.1 Å². The highest BCUT2D eigenvalue weighted by molar-refractivity contribution is 4.94. The molecule has 28 heavy (non-hydrogen) atoms. The van der Waals surface area contributed by atoms with Crippen molar-refractivity contribution in [3.05, 3.63) is 0 Å². The molecule has 1 saturated carbocycles. The second-order valence-electron chi connectivity index (χ2n) is 9.44. The molecule has 2 aliphatic rings. The van der Waals surface area contributed by atoms with E-state index < -0.39 is 24.4 Å². The minimum atomic E-state index is -1.18. The Labute approximate surface area is 170 Å². The summed E-state index contributed by atoms with van der Waals surface area (Å²) in [5, 5.41) is 39.1. The number of aliphatic hydroxyl groups is 4. The van der Waals surface area contributed by atoms with E-state index in [1.165, 1.54) is 19.3 Å². The van der Waals surface area contributed by atoms with Crippen LogP contribution in [0.25, 0.3) is 0 Å². The summed E-state index contributed by atoms with van der Waals surface area (Å²) in [6.45, 7) is 8.57. The van der Waals surface area contributed by atoms with Crippen LogP contribution in [0.3, 0.4) is 0 Å². The molecule has 1 heterocycles. The van der Waals surface area contributed by atoms with Crippen molar-refractivity contribution in [3.8, 4) is 0 Å². The Kier molecular flexibility index (Phi) is 10.1. The van der Waals surface area contributed by atoms with Gasteiger partial charge in [-0.25, -0.2) is 0 Å². The number of piperidine rings is 1. The lowest BCUT2D eigenvalue weighted by Crippen LogP contribution is -2.62. The van der Waals surface area contributed by atoms with Gasteiger partial charge in [0.15, 0.2) is 0 Å². The molecule has 2 fully saturated rings. The summed E-state index contributed by atoms with van der Waals surface area (Å²) >= 11 is 0. The molecular weight excluding hydrogens is 358 g/mol. The van der Waals surface area contributed by atoms with Gasteiger partial charge in [0.25, 0.3) is 0 Å². The highest BCUT2D eigenvalue weighted by Gasteiger charge is 2.40. The van der Waals surface area contributed by atoms with E-state index in [0.717, 1.165) is 38.2 Å². The molecule has 0 aromatic rings. The van der Waals surface area contributed by atoms with E-state index in [2.05, 4.69) is 20.8 Å². The average Bonchev–Trinajstić information content (AvgIpc) is 2.65. The van der Waals surface area contributed by atoms with Gasteiger partial charge in [0, 0.05) is 13.2 Å². The summed E-state index contributed by atoms with van der Waals surface area (Å²) in [4.78, 5) is 1.90. The number of hydrogen-bond donors (Lipinski definition) is 4. The van der Waals surface area contributed by atoms with Crippen LogP contribution < -0.4 is 0 Å². The predicted molar refractivity (Wildman–Crippen MR) is 110 cm³/mol. The van der Waals surface area contributed by atoms with Crippen LogP contribution in [0.4, 0.5) is 0 Å². The highest BCUT2D eigenvalue weighted by Crippen LogP contribution is 2.35. The SMILES string of the molecule is CC(C)[C@@H]1CC[C@@H](C)CC1OCCCCCCN1C[C@H](O)[C@@H](O)[C@H](O)[C@H]1CO. The van der Waals surface area contributed by atoms with Crippen molar-refractivity contribution < 1.29 is 25.2 Å². The second kappa shape index (κ2) is 11.8. The molecule has 4 N–H and O–H groups in total. The van der Waals surface area contributed by atoms with Crippen molar-refractivity contribution in [3.63, 3.8) is 0 Å². The van der Waals surface area contributed by atoms with Crippen LogP contribution in [-0.2, 0) is 4.74 Å². The van der Waals surface area contributed by atoms with Crippen LogP contribution in [0, 0.1) is 17.8 Å². The lowest BCUT2D eigenvalue weighted by molar-refractivity contribution is -0.145. The van der Waals surface area contributed by atoms with Crippen LogP contribution in [0.5, 0.6) is 0 Å². The summed E-state index contributed by atoms with van der Waals surface area (Å²) in [6.07, 6.45) is 5.14. The third kappa shape index (κ3) is 6.64. The van der Waals surface area contributed by atoms with Gasteiger partial charge in [-0.05, 0) is 50.0 Å². The van der Waals surface area contributed by atoms with Crippen LogP contribution in [0.15, 0.2) is 0 Å². The van der Waals surface area contributed by atoms with E-state index in [1.807, 2.05) is 4.90 Å². The smallest absolute Gasteiger partial charge is 0.109 e. The number of unbranched alkanes of at least 4 members (excludes halogenated alkanes) is 3. The monoisotopic (exact) mass is 401 g/mol. The molecule has 7 atom stereocenters. The molecule has 0 amide bonds. The maximum atomic E-state index is 10.0. The molecule has 1 unspecified atom stereocenters. The molecule has 1 aliphatic carbocycles. The molecule has 6 nitrogen and oxygen atoms in total. The van der Waals surface area contributed by atoms with Crippen molar-refractivity contribution in [2.24, 2.45) is 17.8 Å². The van der Waals surface area contributed by atoms with Crippen molar-refractivity contribution in [1.29, 1.82) is 0 Å². The first-order chi connectivity index (χ1) is 13.3. The topological polar surface area (TPSA) is 93.4 Å². The van der Waals surface area contributed by atoms with Gasteiger partial charge in [-0.3, -0.25) is 4.90 Å². The van der Waals surface area contributed by atoms with Crippen molar-refractivity contribution in [2.45, 2.75) is 96.2 Å². The number of hydrogen-bond acceptors (Lipinski definition) is 6. The Balaban J connectivity index is 1.61. The van der Waals surface area contributed by atoms with Crippen LogP contribution in [0.1, 0.15) is 65.7 Å². The van der Waals surface area contributed by atoms with E-state index in [1.54, 1.807) is 0 Å². The molecule has 0 bridgehead atoms. The molecule has 0 radical (unpaired) electrons. The van der Waals surface area contributed by atoms with Gasteiger partial charge in [0.2, 0.25) is 0 Å². The first kappa shape index (κ1) is 24.0. The van der Waals surface area contributed by atoms with Gasteiger partial charge in [-0.1, -0.05) is 40.0 Å². The fraction of sp³-hybridized carbons (Fsp3) is 1.00. The number of likely N-dealkylation sites (tertiary alicyclic amines) is 1. The minimum absolute atomic E-state index is 0.213. The fourth-order valence-electron chi connectivity index (χ4n) is 4.95. The number of rotatable bonds is 10. The Hall–Kier alpha value is -0.240. The first-order valence-electron chi connectivity index (χ1n) is 11.4. The summed E-state index contributed by atoms with van der Waals surface area (Å²) in [5.41, 5.74) is 0. The zero-order chi connectivity index (χ0) is 20.7. The predicted octanol–water partition coefficient (Wildman–Crippen LogP) is 1.78. The molecule has 0 spiro atoms. The zero-order valence-electron chi connectivity index (χ0n) is 18.0. The minimum Gasteiger partial charge on any atom is -0.395 e. The normalized spacial score (nSPS) is 37.5. The van der Waals surface area contributed by atoms with Gasteiger partial charge in [0.1, 0.15) is 12.2 Å². The largest absolute Gasteiger partial charge is 0.395 e. The first-order valence-corrected chi connectivity index (χ1v) is 11.4. The number of β-amino-alcohol motifs (C(OH)–C–C–N with tert-alkyl or cyclic N) is 1. The average molecular weight is 402 g/mol. The Bertz CT molecular complexity index is 435. The third-order valence-corrected chi connectivity index (χ3v) is 6.85. The molecule has 0 aromatic carbocycles. The van der Waals surface area contributed by atoms with E-state index in [0.29, 0.717) is 31.0 Å². The van der Waals surface area contributed by atoms with Crippen molar-refractivity contribution in [2.75, 3.05) is 26.3 Å². The van der Waals surface area contributed by atoms with Gasteiger partial charge < -0.3 is 25.2 Å². The van der Waals surface area contributed by atoms with E-state index in [-0.39, 0.29) is 6.61 Å². The lowest BCUT2D eigenvalue weighted by Gasteiger charge is -2.43. The van der Waals surface area contributed by atoms with Crippen molar-refractivity contribution >= 4 is 0 Å². The highest BCUT2D eigenvalue weighted by atomic mass is 16.5. The van der Waals surface area contributed by atoms with Crippen molar-refractivity contribution in [1.82, 2.24) is 4.90 Å². The summed E-state index contributed by atoms with van der Waals surface area (Å²) in [6, 6.07) is -0.497. The quantitative estimate of drug-likeness (QED) is 0.417. The number of nitrogens with zero attached hydrogens (tertiary/aromatic N) is 1. The third-order valence-electron chi connectivity index (χ3n) is 6.85. The lowest BCUT2D eigenvalue weighted by atomic mass is 9.75. The number of ether oxygens (including phenoxy) is 1. The van der Waals surface area contributed by atoms with Gasteiger partial charge >= 0.3 is 0 Å².